The highest BCUT2D eigenvalue weighted by atomic mass is 32.2. The third-order valence-corrected chi connectivity index (χ3v) is 6.99. The molecule has 1 saturated carbocycles. The van der Waals surface area contributed by atoms with Gasteiger partial charge in [0.25, 0.3) is 5.56 Å². The third kappa shape index (κ3) is 3.06. The molecule has 0 radical (unpaired) electrons. The minimum atomic E-state index is -0.564. The van der Waals surface area contributed by atoms with E-state index in [2.05, 4.69) is 0 Å². The van der Waals surface area contributed by atoms with E-state index in [1.165, 1.54) is 18.7 Å². The van der Waals surface area contributed by atoms with Crippen LogP contribution in [0.25, 0.3) is 10.8 Å². The molecule has 0 unspecified atom stereocenters. The standard InChI is InChI=1S/C23H20FNO3S/c1-28-23(27)19-12-29-22-21(13-6-7-13)15(11-20(26)25(19)22)10-14-8-9-18(24)17-5-3-2-4-16(14)17/h2-5,8-9,11,13,19H,6-7,10,12H2,1H3/t19-/m0/s1. The summed E-state index contributed by atoms with van der Waals surface area (Å²) in [6, 6.07) is 11.8. The molecule has 5 rings (SSSR count). The molecule has 4 nitrogen and oxygen atoms in total. The van der Waals surface area contributed by atoms with Crippen molar-refractivity contribution < 1.29 is 13.9 Å². The van der Waals surface area contributed by atoms with Crippen LogP contribution < -0.4 is 5.56 Å². The van der Waals surface area contributed by atoms with Gasteiger partial charge in [-0.25, -0.2) is 9.18 Å². The number of hydrogen-bond acceptors (Lipinski definition) is 4. The van der Waals surface area contributed by atoms with Crippen LogP contribution in [0, 0.1) is 5.82 Å². The van der Waals surface area contributed by atoms with Gasteiger partial charge in [0.2, 0.25) is 0 Å². The Balaban J connectivity index is 1.65. The van der Waals surface area contributed by atoms with E-state index in [0.29, 0.717) is 23.5 Å². The zero-order chi connectivity index (χ0) is 20.1. The number of hydrogen-bond donors (Lipinski definition) is 0. The summed E-state index contributed by atoms with van der Waals surface area (Å²) >= 11 is 1.56. The molecule has 0 spiro atoms. The Morgan fingerprint density at radius 2 is 1.93 bits per heavy atom. The molecule has 29 heavy (non-hydrogen) atoms. The quantitative estimate of drug-likeness (QED) is 0.598. The largest absolute Gasteiger partial charge is 0.467 e. The topological polar surface area (TPSA) is 48.3 Å². The number of methoxy groups -OCH3 is 1. The van der Waals surface area contributed by atoms with Crippen molar-refractivity contribution in [3.05, 3.63) is 75.3 Å². The highest BCUT2D eigenvalue weighted by Gasteiger charge is 2.38. The fraction of sp³-hybridized carbons (Fsp3) is 0.304. The zero-order valence-corrected chi connectivity index (χ0v) is 16.8. The molecule has 1 fully saturated rings. The molecular weight excluding hydrogens is 389 g/mol. The summed E-state index contributed by atoms with van der Waals surface area (Å²) < 4.78 is 20.7. The maximum absolute atomic E-state index is 14.2. The van der Waals surface area contributed by atoms with Crippen LogP contribution in [0.4, 0.5) is 4.39 Å². The summed E-state index contributed by atoms with van der Waals surface area (Å²) in [5.41, 5.74) is 2.99. The number of ether oxygens (including phenoxy) is 1. The summed E-state index contributed by atoms with van der Waals surface area (Å²) in [7, 11) is 1.35. The van der Waals surface area contributed by atoms with Gasteiger partial charge in [-0.1, -0.05) is 30.3 Å². The van der Waals surface area contributed by atoms with Crippen molar-refractivity contribution in [2.45, 2.75) is 36.2 Å². The minimum Gasteiger partial charge on any atom is -0.467 e. The lowest BCUT2D eigenvalue weighted by molar-refractivity contribution is -0.143. The maximum Gasteiger partial charge on any atom is 0.329 e. The Morgan fingerprint density at radius 1 is 1.17 bits per heavy atom. The van der Waals surface area contributed by atoms with E-state index in [0.717, 1.165) is 34.4 Å². The number of pyridine rings is 1. The maximum atomic E-state index is 14.2. The molecule has 0 bridgehead atoms. The highest BCUT2D eigenvalue weighted by Crippen LogP contribution is 2.48. The molecule has 0 saturated heterocycles. The van der Waals surface area contributed by atoms with E-state index in [4.69, 9.17) is 4.74 Å². The first-order valence-corrected chi connectivity index (χ1v) is 10.7. The van der Waals surface area contributed by atoms with Crippen molar-refractivity contribution in [2.24, 2.45) is 0 Å². The smallest absolute Gasteiger partial charge is 0.329 e. The average molecular weight is 409 g/mol. The molecule has 0 amide bonds. The van der Waals surface area contributed by atoms with Gasteiger partial charge in [-0.2, -0.15) is 0 Å². The molecule has 148 valence electrons. The average Bonchev–Trinajstić information content (AvgIpc) is 3.47. The van der Waals surface area contributed by atoms with E-state index in [1.807, 2.05) is 24.3 Å². The SMILES string of the molecule is COC(=O)[C@@H]1CSc2c(C3CC3)c(Cc3ccc(F)c4ccccc34)cc(=O)n21. The van der Waals surface area contributed by atoms with Gasteiger partial charge in [-0.05, 0) is 53.3 Å². The summed E-state index contributed by atoms with van der Waals surface area (Å²) in [4.78, 5) is 25.1. The Bertz CT molecular complexity index is 1200. The molecule has 1 atom stereocenters. The minimum absolute atomic E-state index is 0.175. The van der Waals surface area contributed by atoms with Crippen LogP contribution in [0.5, 0.6) is 0 Å². The molecule has 2 aliphatic rings. The second-order valence-electron chi connectivity index (χ2n) is 7.65. The van der Waals surface area contributed by atoms with Crippen molar-refractivity contribution in [1.29, 1.82) is 0 Å². The molecular formula is C23H20FNO3S. The van der Waals surface area contributed by atoms with Gasteiger partial charge in [0.1, 0.15) is 11.9 Å². The predicted molar refractivity (Wildman–Crippen MR) is 111 cm³/mol. The summed E-state index contributed by atoms with van der Waals surface area (Å²) in [6.07, 6.45) is 2.75. The van der Waals surface area contributed by atoms with Crippen LogP contribution in [0.3, 0.4) is 0 Å². The van der Waals surface area contributed by atoms with E-state index < -0.39 is 6.04 Å². The van der Waals surface area contributed by atoms with Gasteiger partial charge in [0, 0.05) is 17.2 Å². The fourth-order valence-corrected chi connectivity index (χ4v) is 5.70. The fourth-order valence-electron chi connectivity index (χ4n) is 4.29. The Hall–Kier alpha value is -2.60. The van der Waals surface area contributed by atoms with Gasteiger partial charge in [-0.15, -0.1) is 11.8 Å². The van der Waals surface area contributed by atoms with Gasteiger partial charge >= 0.3 is 5.97 Å². The van der Waals surface area contributed by atoms with Crippen LogP contribution in [0.2, 0.25) is 0 Å². The van der Waals surface area contributed by atoms with Gasteiger partial charge < -0.3 is 4.74 Å². The van der Waals surface area contributed by atoms with Crippen molar-refractivity contribution in [2.75, 3.05) is 12.9 Å². The third-order valence-electron chi connectivity index (χ3n) is 5.82. The number of thioether (sulfide) groups is 1. The highest BCUT2D eigenvalue weighted by molar-refractivity contribution is 7.99. The van der Waals surface area contributed by atoms with Crippen LogP contribution in [-0.2, 0) is 16.0 Å². The van der Waals surface area contributed by atoms with Crippen molar-refractivity contribution in [3.8, 4) is 0 Å². The number of benzene rings is 2. The number of nitrogens with zero attached hydrogens (tertiary/aromatic N) is 1. The number of fused-ring (bicyclic) bond motifs is 2. The molecule has 1 aliphatic carbocycles. The summed E-state index contributed by atoms with van der Waals surface area (Å²) in [5, 5.41) is 2.36. The van der Waals surface area contributed by atoms with E-state index >= 15 is 0 Å². The monoisotopic (exact) mass is 409 g/mol. The number of carbonyl (C=O) groups excluding carboxylic acids is 1. The molecule has 3 aromatic rings. The number of rotatable bonds is 4. The number of aromatic nitrogens is 1. The summed E-state index contributed by atoms with van der Waals surface area (Å²) in [5.74, 6) is 0.321. The number of carbonyl (C=O) groups is 1. The van der Waals surface area contributed by atoms with E-state index in [-0.39, 0.29) is 17.3 Å². The lowest BCUT2D eigenvalue weighted by atomic mass is 9.94. The van der Waals surface area contributed by atoms with E-state index in [1.54, 1.807) is 28.5 Å². The molecule has 6 heteroatoms. The molecule has 0 N–H and O–H groups in total. The molecule has 2 heterocycles. The first-order valence-electron chi connectivity index (χ1n) is 9.73. The first kappa shape index (κ1) is 18.4. The van der Waals surface area contributed by atoms with Gasteiger partial charge in [0.05, 0.1) is 12.1 Å². The lowest BCUT2D eigenvalue weighted by Gasteiger charge is -2.17. The van der Waals surface area contributed by atoms with Crippen molar-refractivity contribution in [1.82, 2.24) is 4.57 Å². The van der Waals surface area contributed by atoms with E-state index in [9.17, 15) is 14.0 Å². The number of halogens is 1. The predicted octanol–water partition coefficient (Wildman–Crippen LogP) is 4.43. The van der Waals surface area contributed by atoms with Crippen molar-refractivity contribution in [3.63, 3.8) is 0 Å². The van der Waals surface area contributed by atoms with Crippen molar-refractivity contribution >= 4 is 28.5 Å². The molecule has 1 aliphatic heterocycles. The number of esters is 1. The normalized spacial score (nSPS) is 18.1. The van der Waals surface area contributed by atoms with Crippen LogP contribution in [0.1, 0.15) is 41.5 Å². The Kier molecular flexibility index (Phi) is 4.46. The Labute approximate surface area is 171 Å². The van der Waals surface area contributed by atoms with Crippen LogP contribution in [0.15, 0.2) is 52.3 Å². The van der Waals surface area contributed by atoms with Crippen LogP contribution in [-0.4, -0.2) is 23.4 Å². The zero-order valence-electron chi connectivity index (χ0n) is 16.0. The lowest BCUT2D eigenvalue weighted by Crippen LogP contribution is -2.30. The molecule has 1 aromatic heterocycles. The van der Waals surface area contributed by atoms with Gasteiger partial charge in [-0.3, -0.25) is 9.36 Å². The van der Waals surface area contributed by atoms with Crippen LogP contribution >= 0.6 is 11.8 Å². The first-order chi connectivity index (χ1) is 14.1. The second-order valence-corrected chi connectivity index (χ2v) is 8.66. The summed E-state index contributed by atoms with van der Waals surface area (Å²) in [6.45, 7) is 0. The Morgan fingerprint density at radius 3 is 2.66 bits per heavy atom. The molecule has 2 aromatic carbocycles. The second kappa shape index (κ2) is 7.02. The van der Waals surface area contributed by atoms with Gasteiger partial charge in [0.15, 0.2) is 0 Å².